The molecule has 1 aliphatic rings. The molecule has 2 aromatic rings. The number of aromatic hydroxyl groups is 2. The van der Waals surface area contributed by atoms with Gasteiger partial charge >= 0.3 is 0 Å². The number of hydrogen-bond donors (Lipinski definition) is 2. The maximum atomic E-state index is 12.8. The molecule has 0 fully saturated rings. The van der Waals surface area contributed by atoms with Crippen molar-refractivity contribution >= 4 is 17.9 Å². The topological polar surface area (TPSA) is 76.0 Å². The van der Waals surface area contributed by atoms with Crippen LogP contribution in [0.3, 0.4) is 0 Å². The molecule has 0 aromatic heterocycles. The summed E-state index contributed by atoms with van der Waals surface area (Å²) in [4.78, 5) is 12.8. The molecule has 2 aromatic carbocycles. The zero-order chi connectivity index (χ0) is 21.9. The third kappa shape index (κ3) is 4.57. The van der Waals surface area contributed by atoms with E-state index in [9.17, 15) is 15.0 Å². The molecule has 5 nitrogen and oxygen atoms in total. The third-order valence-corrected chi connectivity index (χ3v) is 4.91. The second-order valence-corrected chi connectivity index (χ2v) is 7.74. The number of fused-ring (bicyclic) bond motifs is 1. The molecule has 0 bridgehead atoms. The molecule has 3 rings (SSSR count). The van der Waals surface area contributed by atoms with Crippen molar-refractivity contribution in [2.24, 2.45) is 0 Å². The van der Waals surface area contributed by atoms with Gasteiger partial charge in [-0.3, -0.25) is 4.79 Å². The Hall–Kier alpha value is -3.47. The lowest BCUT2D eigenvalue weighted by Gasteiger charge is -2.32. The fourth-order valence-corrected chi connectivity index (χ4v) is 3.18. The fraction of sp³-hybridized carbons (Fsp3) is 0.240. The van der Waals surface area contributed by atoms with Gasteiger partial charge in [0.15, 0.2) is 5.78 Å². The van der Waals surface area contributed by atoms with Gasteiger partial charge in [-0.25, -0.2) is 0 Å². The lowest BCUT2D eigenvalue weighted by molar-refractivity contribution is 0.104. The Bertz CT molecular complexity index is 1040. The van der Waals surface area contributed by atoms with Crippen molar-refractivity contribution in [1.82, 2.24) is 0 Å². The van der Waals surface area contributed by atoms with Crippen LogP contribution in [0.15, 0.2) is 54.1 Å². The highest BCUT2D eigenvalue weighted by molar-refractivity contribution is 6.11. The number of carbonyl (C=O) groups excluding carboxylic acids is 1. The van der Waals surface area contributed by atoms with E-state index in [2.05, 4.69) is 6.08 Å². The number of methoxy groups -OCH3 is 1. The van der Waals surface area contributed by atoms with Crippen molar-refractivity contribution in [2.45, 2.75) is 32.8 Å². The second-order valence-electron chi connectivity index (χ2n) is 7.74. The SMILES string of the molecule is COc1cc2c(c(O)c1C(=O)/C=C/c1ccc(O)cc1)C=CC(C)(CC=C(C)C)O2. The lowest BCUT2D eigenvalue weighted by Crippen LogP contribution is -2.31. The predicted octanol–water partition coefficient (Wildman–Crippen LogP) is 5.52. The number of hydrogen-bond acceptors (Lipinski definition) is 5. The van der Waals surface area contributed by atoms with E-state index in [0.717, 1.165) is 5.56 Å². The van der Waals surface area contributed by atoms with Crippen LogP contribution in [0, 0.1) is 0 Å². The van der Waals surface area contributed by atoms with Gasteiger partial charge in [0.2, 0.25) is 0 Å². The van der Waals surface area contributed by atoms with Gasteiger partial charge in [0, 0.05) is 12.5 Å². The van der Waals surface area contributed by atoms with E-state index in [1.165, 1.54) is 30.9 Å². The number of carbonyl (C=O) groups is 1. The highest BCUT2D eigenvalue weighted by Crippen LogP contribution is 2.44. The molecule has 5 heteroatoms. The number of rotatable bonds is 6. The molecular weight excluding hydrogens is 380 g/mol. The number of phenols is 2. The van der Waals surface area contributed by atoms with Crippen molar-refractivity contribution in [3.8, 4) is 23.0 Å². The Kier molecular flexibility index (Phi) is 6.01. The fourth-order valence-electron chi connectivity index (χ4n) is 3.18. The van der Waals surface area contributed by atoms with Gasteiger partial charge in [-0.1, -0.05) is 29.9 Å². The first-order valence-electron chi connectivity index (χ1n) is 9.69. The molecule has 1 aliphatic heterocycles. The molecule has 2 N–H and O–H groups in total. The van der Waals surface area contributed by atoms with Crippen LogP contribution in [0.5, 0.6) is 23.0 Å². The van der Waals surface area contributed by atoms with Crippen molar-refractivity contribution in [1.29, 1.82) is 0 Å². The molecule has 30 heavy (non-hydrogen) atoms. The maximum absolute atomic E-state index is 12.8. The number of benzene rings is 2. The largest absolute Gasteiger partial charge is 0.508 e. The zero-order valence-corrected chi connectivity index (χ0v) is 17.6. The summed E-state index contributed by atoms with van der Waals surface area (Å²) in [6.07, 6.45) is 9.43. The van der Waals surface area contributed by atoms with E-state index in [1.54, 1.807) is 30.4 Å². The molecule has 156 valence electrons. The summed E-state index contributed by atoms with van der Waals surface area (Å²) in [6, 6.07) is 8.09. The van der Waals surface area contributed by atoms with Crippen LogP contribution in [0.1, 0.15) is 48.7 Å². The summed E-state index contributed by atoms with van der Waals surface area (Å²) in [6.45, 7) is 6.03. The van der Waals surface area contributed by atoms with E-state index in [0.29, 0.717) is 17.7 Å². The molecule has 0 saturated carbocycles. The zero-order valence-electron chi connectivity index (χ0n) is 17.6. The smallest absolute Gasteiger partial charge is 0.193 e. The average Bonchev–Trinajstić information content (AvgIpc) is 2.71. The monoisotopic (exact) mass is 406 g/mol. The van der Waals surface area contributed by atoms with E-state index in [4.69, 9.17) is 9.47 Å². The molecule has 0 amide bonds. The quantitative estimate of drug-likeness (QED) is 0.375. The highest BCUT2D eigenvalue weighted by atomic mass is 16.5. The van der Waals surface area contributed by atoms with E-state index < -0.39 is 11.4 Å². The summed E-state index contributed by atoms with van der Waals surface area (Å²) in [5, 5.41) is 20.2. The molecule has 0 saturated heterocycles. The summed E-state index contributed by atoms with van der Waals surface area (Å²) in [5.41, 5.74) is 1.92. The highest BCUT2D eigenvalue weighted by Gasteiger charge is 2.31. The van der Waals surface area contributed by atoms with Gasteiger partial charge in [-0.05, 0) is 56.7 Å². The first-order valence-corrected chi connectivity index (χ1v) is 9.69. The number of allylic oxidation sites excluding steroid dienone is 2. The van der Waals surface area contributed by atoms with Gasteiger partial charge in [-0.15, -0.1) is 0 Å². The minimum absolute atomic E-state index is 0.0763. The number of phenolic OH excluding ortho intramolecular Hbond substituents is 2. The van der Waals surface area contributed by atoms with Gasteiger partial charge < -0.3 is 19.7 Å². The Morgan fingerprint density at radius 2 is 1.90 bits per heavy atom. The molecular formula is C25H26O5. The molecule has 0 spiro atoms. The Morgan fingerprint density at radius 3 is 2.53 bits per heavy atom. The van der Waals surface area contributed by atoms with Crippen molar-refractivity contribution < 1.29 is 24.5 Å². The summed E-state index contributed by atoms with van der Waals surface area (Å²) in [7, 11) is 1.45. The van der Waals surface area contributed by atoms with Crippen LogP contribution in [0.25, 0.3) is 12.2 Å². The van der Waals surface area contributed by atoms with Gasteiger partial charge in [0.1, 0.15) is 34.2 Å². The molecule has 1 unspecified atom stereocenters. The predicted molar refractivity (Wildman–Crippen MR) is 118 cm³/mol. The van der Waals surface area contributed by atoms with Crippen molar-refractivity contribution in [2.75, 3.05) is 7.11 Å². The van der Waals surface area contributed by atoms with Crippen LogP contribution in [0.4, 0.5) is 0 Å². The van der Waals surface area contributed by atoms with Gasteiger partial charge in [0.25, 0.3) is 0 Å². The van der Waals surface area contributed by atoms with E-state index in [-0.39, 0.29) is 22.8 Å². The van der Waals surface area contributed by atoms with Crippen molar-refractivity contribution in [3.05, 3.63) is 70.8 Å². The van der Waals surface area contributed by atoms with Gasteiger partial charge in [-0.2, -0.15) is 0 Å². The van der Waals surface area contributed by atoms with Crippen LogP contribution >= 0.6 is 0 Å². The summed E-state index contributed by atoms with van der Waals surface area (Å²) >= 11 is 0. The molecule has 0 aliphatic carbocycles. The maximum Gasteiger partial charge on any atom is 0.193 e. The summed E-state index contributed by atoms with van der Waals surface area (Å²) in [5.74, 6) is 0.287. The molecule has 0 radical (unpaired) electrons. The van der Waals surface area contributed by atoms with Crippen LogP contribution in [-0.4, -0.2) is 28.7 Å². The normalized spacial score (nSPS) is 17.3. The first-order chi connectivity index (χ1) is 14.2. The van der Waals surface area contributed by atoms with E-state index >= 15 is 0 Å². The second kappa shape index (κ2) is 8.49. The Morgan fingerprint density at radius 1 is 1.20 bits per heavy atom. The third-order valence-electron chi connectivity index (χ3n) is 4.91. The summed E-state index contributed by atoms with van der Waals surface area (Å²) < 4.78 is 11.5. The van der Waals surface area contributed by atoms with Crippen LogP contribution in [-0.2, 0) is 0 Å². The minimum atomic E-state index is -0.550. The average molecular weight is 406 g/mol. The van der Waals surface area contributed by atoms with Crippen molar-refractivity contribution in [3.63, 3.8) is 0 Å². The lowest BCUT2D eigenvalue weighted by atomic mass is 9.93. The Labute approximate surface area is 176 Å². The Balaban J connectivity index is 1.94. The standard InChI is InChI=1S/C25H26O5/c1-16(2)11-13-25(3)14-12-19-21(30-25)15-22(29-4)23(24(19)28)20(27)10-7-17-5-8-18(26)9-6-17/h5-12,14-15,26,28H,13H2,1-4H3/b10-7+. The van der Waals surface area contributed by atoms with Crippen LogP contribution < -0.4 is 9.47 Å². The molecule has 1 heterocycles. The number of ether oxygens (including phenoxy) is 2. The van der Waals surface area contributed by atoms with E-state index in [1.807, 2.05) is 26.8 Å². The minimum Gasteiger partial charge on any atom is -0.508 e. The first kappa shape index (κ1) is 21.2. The number of ketones is 1. The van der Waals surface area contributed by atoms with Gasteiger partial charge in [0.05, 0.1) is 12.7 Å². The van der Waals surface area contributed by atoms with Crippen LogP contribution in [0.2, 0.25) is 0 Å². The molecule has 1 atom stereocenters.